The zero-order valence-corrected chi connectivity index (χ0v) is 20.1. The lowest BCUT2D eigenvalue weighted by Crippen LogP contribution is -2.54. The molecule has 1 unspecified atom stereocenters. The molecule has 1 amide bonds. The van der Waals surface area contributed by atoms with Gasteiger partial charge in [0.25, 0.3) is 5.91 Å². The molecular weight excluding hydrogens is 464 g/mol. The molecule has 2 aromatic rings. The Labute approximate surface area is 199 Å². The predicted molar refractivity (Wildman–Crippen MR) is 125 cm³/mol. The topological polar surface area (TPSA) is 84.0 Å². The van der Waals surface area contributed by atoms with Gasteiger partial charge in [0.2, 0.25) is 10.0 Å². The van der Waals surface area contributed by atoms with Crippen LogP contribution in [0.15, 0.2) is 53.4 Å². The largest absolute Gasteiger partial charge is 0.379 e. The number of ether oxygens (including phenoxy) is 1. The second-order valence-electron chi connectivity index (χ2n) is 8.38. The van der Waals surface area contributed by atoms with Crippen molar-refractivity contribution >= 4 is 33.3 Å². The normalized spacial score (nSPS) is 22.2. The van der Waals surface area contributed by atoms with E-state index in [2.05, 4.69) is 0 Å². The highest BCUT2D eigenvalue weighted by Crippen LogP contribution is 2.42. The average molecular weight is 491 g/mol. The molecule has 1 aliphatic carbocycles. The van der Waals surface area contributed by atoms with Crippen LogP contribution in [0.5, 0.6) is 0 Å². The fourth-order valence-corrected chi connectivity index (χ4v) is 6.40. The molecule has 0 aromatic heterocycles. The summed E-state index contributed by atoms with van der Waals surface area (Å²) < 4.78 is 32.4. The quantitative estimate of drug-likeness (QED) is 0.640. The van der Waals surface area contributed by atoms with Gasteiger partial charge in [-0.3, -0.25) is 9.59 Å². The summed E-state index contributed by atoms with van der Waals surface area (Å²) in [4.78, 5) is 28.4. The number of carbonyl (C=O) groups is 2. The molecule has 0 radical (unpaired) electrons. The fraction of sp³-hybridized carbons (Fsp3) is 0.417. The van der Waals surface area contributed by atoms with Gasteiger partial charge in [-0.05, 0) is 49.6 Å². The van der Waals surface area contributed by atoms with Gasteiger partial charge in [-0.15, -0.1) is 0 Å². The molecule has 4 rings (SSSR count). The number of halogens is 1. The average Bonchev–Trinajstić information content (AvgIpc) is 2.85. The van der Waals surface area contributed by atoms with E-state index in [1.54, 1.807) is 25.2 Å². The van der Waals surface area contributed by atoms with Crippen molar-refractivity contribution in [1.29, 1.82) is 0 Å². The van der Waals surface area contributed by atoms with Crippen LogP contribution in [0.2, 0.25) is 5.02 Å². The number of morpholine rings is 1. The Morgan fingerprint density at radius 2 is 1.73 bits per heavy atom. The highest BCUT2D eigenvalue weighted by atomic mass is 35.5. The number of rotatable bonds is 5. The van der Waals surface area contributed by atoms with E-state index in [-0.39, 0.29) is 16.6 Å². The van der Waals surface area contributed by atoms with Gasteiger partial charge in [-0.1, -0.05) is 29.8 Å². The molecule has 1 atom stereocenters. The van der Waals surface area contributed by atoms with Crippen LogP contribution < -0.4 is 0 Å². The molecule has 0 N–H and O–H groups in total. The molecule has 33 heavy (non-hydrogen) atoms. The maximum absolute atomic E-state index is 13.5. The molecule has 2 fully saturated rings. The van der Waals surface area contributed by atoms with Crippen LogP contribution in [-0.2, 0) is 25.1 Å². The van der Waals surface area contributed by atoms with Gasteiger partial charge in [0, 0.05) is 42.7 Å². The zero-order chi connectivity index (χ0) is 23.6. The van der Waals surface area contributed by atoms with Gasteiger partial charge in [0.15, 0.2) is 5.78 Å². The summed E-state index contributed by atoms with van der Waals surface area (Å²) in [6.45, 7) is 1.32. The van der Waals surface area contributed by atoms with Crippen LogP contribution in [0.1, 0.15) is 41.6 Å². The number of amides is 1. The summed E-state index contributed by atoms with van der Waals surface area (Å²) in [6, 6.07) is 13.0. The second kappa shape index (κ2) is 9.54. The van der Waals surface area contributed by atoms with Crippen LogP contribution in [-0.4, -0.2) is 62.7 Å². The van der Waals surface area contributed by atoms with E-state index < -0.39 is 15.6 Å². The van der Waals surface area contributed by atoms with E-state index in [4.69, 9.17) is 16.3 Å². The number of Topliss-reactive ketones (excluding diaryl/α,β-unsaturated/α-hetero) is 1. The number of ketones is 1. The lowest BCUT2D eigenvalue weighted by molar-refractivity contribution is -0.132. The van der Waals surface area contributed by atoms with Gasteiger partial charge < -0.3 is 9.64 Å². The third kappa shape index (κ3) is 4.33. The Kier molecular flexibility index (Phi) is 6.91. The van der Waals surface area contributed by atoms with Crippen molar-refractivity contribution in [3.8, 4) is 0 Å². The first-order valence-electron chi connectivity index (χ1n) is 11.0. The van der Waals surface area contributed by atoms with Crippen LogP contribution in [0.3, 0.4) is 0 Å². The molecule has 1 heterocycles. The molecule has 7 nitrogen and oxygen atoms in total. The van der Waals surface area contributed by atoms with E-state index in [9.17, 15) is 18.0 Å². The Hall–Kier alpha value is -2.26. The van der Waals surface area contributed by atoms with E-state index in [0.717, 1.165) is 12.8 Å². The molecule has 1 saturated carbocycles. The molecule has 0 bridgehead atoms. The maximum Gasteiger partial charge on any atom is 0.254 e. The number of benzene rings is 2. The molecule has 176 valence electrons. The minimum atomic E-state index is -3.66. The molecule has 9 heteroatoms. The maximum atomic E-state index is 13.5. The zero-order valence-electron chi connectivity index (χ0n) is 18.5. The Morgan fingerprint density at radius 1 is 1.06 bits per heavy atom. The van der Waals surface area contributed by atoms with E-state index in [1.807, 2.05) is 6.07 Å². The van der Waals surface area contributed by atoms with Gasteiger partial charge in [0.1, 0.15) is 5.54 Å². The van der Waals surface area contributed by atoms with Crippen LogP contribution in [0.4, 0.5) is 0 Å². The Morgan fingerprint density at radius 3 is 2.36 bits per heavy atom. The monoisotopic (exact) mass is 490 g/mol. The minimum absolute atomic E-state index is 0.0378. The number of carbonyl (C=O) groups excluding carboxylic acids is 2. The summed E-state index contributed by atoms with van der Waals surface area (Å²) in [6.07, 6.45) is 2.44. The van der Waals surface area contributed by atoms with Crippen LogP contribution in [0, 0.1) is 0 Å². The summed E-state index contributed by atoms with van der Waals surface area (Å²) in [5, 5.41) is 0.444. The Bertz CT molecular complexity index is 1150. The SMILES string of the molecule is CN(C(=O)c1ccc(S(=O)(=O)N2CCOCC2)cc1)C1(c2ccccc2Cl)CCCCC1=O. The minimum Gasteiger partial charge on any atom is -0.379 e. The van der Waals surface area contributed by atoms with Crippen molar-refractivity contribution in [1.82, 2.24) is 9.21 Å². The lowest BCUT2D eigenvalue weighted by atomic mass is 9.74. The van der Waals surface area contributed by atoms with Crippen molar-refractivity contribution in [3.63, 3.8) is 0 Å². The first-order valence-corrected chi connectivity index (χ1v) is 12.8. The van der Waals surface area contributed by atoms with E-state index in [1.165, 1.54) is 33.5 Å². The van der Waals surface area contributed by atoms with Gasteiger partial charge in [-0.2, -0.15) is 4.31 Å². The molecule has 1 aliphatic heterocycles. The highest BCUT2D eigenvalue weighted by molar-refractivity contribution is 7.89. The molecular formula is C24H27ClN2O5S. The number of hydrogen-bond acceptors (Lipinski definition) is 5. The number of likely N-dealkylation sites (N-methyl/N-ethyl adjacent to an activating group) is 1. The number of sulfonamides is 1. The van der Waals surface area contributed by atoms with Crippen molar-refractivity contribution in [2.75, 3.05) is 33.4 Å². The van der Waals surface area contributed by atoms with Gasteiger partial charge in [-0.25, -0.2) is 8.42 Å². The Balaban J connectivity index is 1.65. The smallest absolute Gasteiger partial charge is 0.254 e. The first kappa shape index (κ1) is 23.9. The van der Waals surface area contributed by atoms with Crippen LogP contribution in [0.25, 0.3) is 0 Å². The molecule has 0 spiro atoms. The third-order valence-electron chi connectivity index (χ3n) is 6.56. The third-order valence-corrected chi connectivity index (χ3v) is 8.80. The highest BCUT2D eigenvalue weighted by Gasteiger charge is 2.48. The summed E-state index contributed by atoms with van der Waals surface area (Å²) in [5.74, 6) is -0.398. The predicted octanol–water partition coefficient (Wildman–Crippen LogP) is 3.47. The van der Waals surface area contributed by atoms with Gasteiger partial charge in [0.05, 0.1) is 18.1 Å². The molecule has 1 saturated heterocycles. The first-order chi connectivity index (χ1) is 15.8. The summed E-state index contributed by atoms with van der Waals surface area (Å²) in [5.41, 5.74) is -0.214. The number of hydrogen-bond donors (Lipinski definition) is 0. The van der Waals surface area contributed by atoms with Crippen molar-refractivity contribution < 1.29 is 22.7 Å². The standard InChI is InChI=1S/C24H27ClN2O5S/c1-26(24(13-5-4-8-22(24)28)20-6-2-3-7-21(20)25)23(29)18-9-11-19(12-10-18)33(30,31)27-14-16-32-17-15-27/h2-3,6-7,9-12H,4-5,8,13-17H2,1H3. The fourth-order valence-electron chi connectivity index (χ4n) is 4.70. The van der Waals surface area contributed by atoms with Crippen molar-refractivity contribution in [3.05, 3.63) is 64.7 Å². The van der Waals surface area contributed by atoms with E-state index >= 15 is 0 Å². The molecule has 2 aromatic carbocycles. The van der Waals surface area contributed by atoms with Gasteiger partial charge >= 0.3 is 0 Å². The second-order valence-corrected chi connectivity index (χ2v) is 10.7. The number of nitrogens with zero attached hydrogens (tertiary/aromatic N) is 2. The summed E-state index contributed by atoms with van der Waals surface area (Å²) >= 11 is 6.48. The molecule has 2 aliphatic rings. The van der Waals surface area contributed by atoms with E-state index in [0.29, 0.717) is 55.3 Å². The lowest BCUT2D eigenvalue weighted by Gasteiger charge is -2.44. The summed E-state index contributed by atoms with van der Waals surface area (Å²) in [7, 11) is -2.04. The van der Waals surface area contributed by atoms with Crippen molar-refractivity contribution in [2.45, 2.75) is 36.1 Å². The van der Waals surface area contributed by atoms with Crippen molar-refractivity contribution in [2.24, 2.45) is 0 Å². The van der Waals surface area contributed by atoms with Crippen LogP contribution >= 0.6 is 11.6 Å².